The SMILES string of the molecule is CCn1cc(NC(=O)NC(CC(=O)O)CC(C)(C)C)cn1. The van der Waals surface area contributed by atoms with Crippen molar-refractivity contribution in [1.82, 2.24) is 15.1 Å². The maximum Gasteiger partial charge on any atom is 0.319 e. The Hall–Kier alpha value is -2.05. The highest BCUT2D eigenvalue weighted by atomic mass is 16.4. The van der Waals surface area contributed by atoms with Gasteiger partial charge in [-0.15, -0.1) is 0 Å². The van der Waals surface area contributed by atoms with E-state index in [1.165, 1.54) is 0 Å². The molecule has 0 aliphatic rings. The normalized spacial score (nSPS) is 12.8. The van der Waals surface area contributed by atoms with E-state index in [-0.39, 0.29) is 11.8 Å². The molecular formula is C14H24N4O3. The molecule has 1 aromatic heterocycles. The Balaban J connectivity index is 2.60. The van der Waals surface area contributed by atoms with E-state index in [1.807, 2.05) is 27.7 Å². The maximum absolute atomic E-state index is 11.9. The van der Waals surface area contributed by atoms with E-state index in [9.17, 15) is 9.59 Å². The van der Waals surface area contributed by atoms with Gasteiger partial charge in [0.2, 0.25) is 0 Å². The Morgan fingerprint density at radius 1 is 1.43 bits per heavy atom. The Morgan fingerprint density at radius 3 is 2.57 bits per heavy atom. The third-order valence-electron chi connectivity index (χ3n) is 2.83. The van der Waals surface area contributed by atoms with E-state index in [4.69, 9.17) is 5.11 Å². The van der Waals surface area contributed by atoms with Crippen molar-refractivity contribution in [3.8, 4) is 0 Å². The molecule has 7 heteroatoms. The fraction of sp³-hybridized carbons (Fsp3) is 0.643. The van der Waals surface area contributed by atoms with Crippen molar-refractivity contribution in [2.75, 3.05) is 5.32 Å². The zero-order valence-electron chi connectivity index (χ0n) is 13.0. The second kappa shape index (κ2) is 7.10. The van der Waals surface area contributed by atoms with Gasteiger partial charge in [0.25, 0.3) is 0 Å². The molecular weight excluding hydrogens is 272 g/mol. The third kappa shape index (κ3) is 6.78. The first-order valence-electron chi connectivity index (χ1n) is 7.01. The minimum Gasteiger partial charge on any atom is -0.481 e. The zero-order valence-corrected chi connectivity index (χ0v) is 13.0. The number of aromatic nitrogens is 2. The lowest BCUT2D eigenvalue weighted by Crippen LogP contribution is -2.41. The van der Waals surface area contributed by atoms with Crippen LogP contribution in [0, 0.1) is 5.41 Å². The van der Waals surface area contributed by atoms with E-state index in [0.717, 1.165) is 6.54 Å². The number of aryl methyl sites for hydroxylation is 1. The smallest absolute Gasteiger partial charge is 0.319 e. The number of amides is 2. The van der Waals surface area contributed by atoms with Crippen LogP contribution in [0.5, 0.6) is 0 Å². The molecule has 0 spiro atoms. The molecule has 0 aromatic carbocycles. The van der Waals surface area contributed by atoms with Crippen LogP contribution in [0.4, 0.5) is 10.5 Å². The Labute approximate surface area is 124 Å². The molecule has 0 fully saturated rings. The molecule has 0 bridgehead atoms. The molecule has 2 amide bonds. The van der Waals surface area contributed by atoms with Gasteiger partial charge in [-0.1, -0.05) is 20.8 Å². The van der Waals surface area contributed by atoms with Crippen LogP contribution >= 0.6 is 0 Å². The summed E-state index contributed by atoms with van der Waals surface area (Å²) in [6.07, 6.45) is 3.76. The first-order valence-corrected chi connectivity index (χ1v) is 7.01. The maximum atomic E-state index is 11.9. The van der Waals surface area contributed by atoms with Gasteiger partial charge in [0.15, 0.2) is 0 Å². The lowest BCUT2D eigenvalue weighted by molar-refractivity contribution is -0.137. The van der Waals surface area contributed by atoms with Gasteiger partial charge in [0, 0.05) is 18.8 Å². The van der Waals surface area contributed by atoms with Crippen LogP contribution in [0.3, 0.4) is 0 Å². The van der Waals surface area contributed by atoms with Crippen LogP contribution in [0.2, 0.25) is 0 Å². The standard InChI is InChI=1S/C14H24N4O3/c1-5-18-9-11(8-15-18)17-13(21)16-10(6-12(19)20)7-14(2,3)4/h8-10H,5-7H2,1-4H3,(H,19,20)(H2,16,17,21). The van der Waals surface area contributed by atoms with Gasteiger partial charge < -0.3 is 15.7 Å². The van der Waals surface area contributed by atoms with Crippen molar-refractivity contribution in [3.05, 3.63) is 12.4 Å². The minimum atomic E-state index is -0.927. The van der Waals surface area contributed by atoms with Gasteiger partial charge in [-0.3, -0.25) is 9.48 Å². The summed E-state index contributed by atoms with van der Waals surface area (Å²) in [7, 11) is 0. The van der Waals surface area contributed by atoms with Crippen molar-refractivity contribution in [3.63, 3.8) is 0 Å². The monoisotopic (exact) mass is 296 g/mol. The molecule has 1 aromatic rings. The Kier molecular flexibility index (Phi) is 5.75. The number of nitrogens with one attached hydrogen (secondary N) is 2. The van der Waals surface area contributed by atoms with Crippen molar-refractivity contribution in [1.29, 1.82) is 0 Å². The van der Waals surface area contributed by atoms with Crippen molar-refractivity contribution < 1.29 is 14.7 Å². The summed E-state index contributed by atoms with van der Waals surface area (Å²) in [6.45, 7) is 8.68. The molecule has 3 N–H and O–H groups in total. The van der Waals surface area contributed by atoms with E-state index >= 15 is 0 Å². The summed E-state index contributed by atoms with van der Waals surface area (Å²) >= 11 is 0. The molecule has 0 aliphatic carbocycles. The second-order valence-corrected chi connectivity index (χ2v) is 6.24. The van der Waals surface area contributed by atoms with Gasteiger partial charge in [-0.25, -0.2) is 4.79 Å². The summed E-state index contributed by atoms with van der Waals surface area (Å²) in [5, 5.41) is 18.4. The quantitative estimate of drug-likeness (QED) is 0.750. The van der Waals surface area contributed by atoms with Gasteiger partial charge in [0.1, 0.15) is 0 Å². The molecule has 7 nitrogen and oxygen atoms in total. The van der Waals surface area contributed by atoms with E-state index in [0.29, 0.717) is 12.1 Å². The number of carbonyl (C=O) groups excluding carboxylic acids is 1. The largest absolute Gasteiger partial charge is 0.481 e. The number of urea groups is 1. The highest BCUT2D eigenvalue weighted by Gasteiger charge is 2.22. The Morgan fingerprint density at radius 2 is 2.10 bits per heavy atom. The zero-order chi connectivity index (χ0) is 16.0. The molecule has 118 valence electrons. The first kappa shape index (κ1) is 17.0. The van der Waals surface area contributed by atoms with Gasteiger partial charge in [-0.2, -0.15) is 5.10 Å². The summed E-state index contributed by atoms with van der Waals surface area (Å²) < 4.78 is 1.69. The highest BCUT2D eigenvalue weighted by molar-refractivity contribution is 5.89. The molecule has 21 heavy (non-hydrogen) atoms. The fourth-order valence-corrected chi connectivity index (χ4v) is 2.08. The topological polar surface area (TPSA) is 96.2 Å². The summed E-state index contributed by atoms with van der Waals surface area (Å²) in [5.41, 5.74) is 0.514. The lowest BCUT2D eigenvalue weighted by atomic mass is 9.87. The number of anilines is 1. The number of hydrogen-bond donors (Lipinski definition) is 3. The summed E-state index contributed by atoms with van der Waals surface area (Å²) in [4.78, 5) is 22.8. The number of rotatable bonds is 6. The van der Waals surface area contributed by atoms with Crippen LogP contribution < -0.4 is 10.6 Å². The van der Waals surface area contributed by atoms with Crippen LogP contribution in [0.1, 0.15) is 40.5 Å². The summed E-state index contributed by atoms with van der Waals surface area (Å²) in [5.74, 6) is -0.927. The number of carboxylic acids is 1. The van der Waals surface area contributed by atoms with Gasteiger partial charge in [-0.05, 0) is 18.8 Å². The van der Waals surface area contributed by atoms with E-state index in [2.05, 4.69) is 15.7 Å². The molecule has 0 saturated heterocycles. The average Bonchev–Trinajstić information content (AvgIpc) is 2.72. The summed E-state index contributed by atoms with van der Waals surface area (Å²) in [6, 6.07) is -0.829. The molecule has 1 heterocycles. The number of nitrogens with zero attached hydrogens (tertiary/aromatic N) is 2. The van der Waals surface area contributed by atoms with Crippen molar-refractivity contribution in [2.45, 2.75) is 53.1 Å². The van der Waals surface area contributed by atoms with Crippen molar-refractivity contribution in [2.24, 2.45) is 5.41 Å². The molecule has 0 aliphatic heterocycles. The van der Waals surface area contributed by atoms with Crippen LogP contribution in [-0.2, 0) is 11.3 Å². The number of hydrogen-bond acceptors (Lipinski definition) is 3. The minimum absolute atomic E-state index is 0.0690. The van der Waals surface area contributed by atoms with Crippen LogP contribution in [0.15, 0.2) is 12.4 Å². The van der Waals surface area contributed by atoms with E-state index in [1.54, 1.807) is 17.1 Å². The average molecular weight is 296 g/mol. The predicted molar refractivity (Wildman–Crippen MR) is 80.2 cm³/mol. The van der Waals surface area contributed by atoms with Gasteiger partial charge in [0.05, 0.1) is 18.3 Å². The Bertz CT molecular complexity index is 491. The highest BCUT2D eigenvalue weighted by Crippen LogP contribution is 2.22. The van der Waals surface area contributed by atoms with Crippen LogP contribution in [0.25, 0.3) is 0 Å². The fourth-order valence-electron chi connectivity index (χ4n) is 2.08. The second-order valence-electron chi connectivity index (χ2n) is 6.24. The van der Waals surface area contributed by atoms with Crippen molar-refractivity contribution >= 4 is 17.7 Å². The molecule has 0 radical (unpaired) electrons. The predicted octanol–water partition coefficient (Wildman–Crippen LogP) is 2.30. The first-order chi connectivity index (χ1) is 9.69. The van der Waals surface area contributed by atoms with E-state index < -0.39 is 18.0 Å². The number of carbonyl (C=O) groups is 2. The lowest BCUT2D eigenvalue weighted by Gasteiger charge is -2.25. The molecule has 0 saturated carbocycles. The molecule has 1 rings (SSSR count). The van der Waals surface area contributed by atoms with Gasteiger partial charge >= 0.3 is 12.0 Å². The molecule has 1 unspecified atom stereocenters. The number of aliphatic carboxylic acids is 1. The molecule has 1 atom stereocenters. The van der Waals surface area contributed by atoms with Crippen LogP contribution in [-0.4, -0.2) is 32.9 Å². The third-order valence-corrected chi connectivity index (χ3v) is 2.83. The number of carboxylic acid groups (broad SMARTS) is 1.